The quantitative estimate of drug-likeness (QED) is 0.793. The van der Waals surface area contributed by atoms with E-state index in [1.807, 2.05) is 7.05 Å². The van der Waals surface area contributed by atoms with Crippen molar-refractivity contribution in [2.45, 2.75) is 6.42 Å². The number of hydrogen-bond donors (Lipinski definition) is 1. The normalized spacial score (nSPS) is 10.9. The molecular weight excluding hydrogens is 192 g/mol. The minimum Gasteiger partial charge on any atom is -0.496 e. The number of nitrogens with zero attached hydrogens (tertiary/aromatic N) is 3. The zero-order chi connectivity index (χ0) is 10.8. The Bertz CT molecular complexity index is 477. The highest BCUT2D eigenvalue weighted by molar-refractivity contribution is 5.83. The molecule has 0 unspecified atom stereocenters. The van der Waals surface area contributed by atoms with Crippen molar-refractivity contribution in [2.75, 3.05) is 13.7 Å². The molecular formula is C10H14N4O. The van der Waals surface area contributed by atoms with Crippen molar-refractivity contribution >= 4 is 11.0 Å². The Kier molecular flexibility index (Phi) is 2.55. The molecule has 2 aromatic heterocycles. The van der Waals surface area contributed by atoms with Gasteiger partial charge in [0.2, 0.25) is 0 Å². The highest BCUT2D eigenvalue weighted by Gasteiger charge is 2.11. The van der Waals surface area contributed by atoms with Crippen molar-refractivity contribution < 1.29 is 4.74 Å². The first-order valence-electron chi connectivity index (χ1n) is 4.81. The molecule has 0 aromatic carbocycles. The third-order valence-corrected chi connectivity index (χ3v) is 2.40. The maximum atomic E-state index is 5.53. The highest BCUT2D eigenvalue weighted by Crippen LogP contribution is 2.27. The van der Waals surface area contributed by atoms with Crippen LogP contribution in [0.2, 0.25) is 0 Å². The lowest BCUT2D eigenvalue weighted by atomic mass is 10.1. The largest absolute Gasteiger partial charge is 0.496 e. The van der Waals surface area contributed by atoms with E-state index in [4.69, 9.17) is 10.5 Å². The second-order valence-corrected chi connectivity index (χ2v) is 3.36. The van der Waals surface area contributed by atoms with Gasteiger partial charge < -0.3 is 10.5 Å². The number of aryl methyl sites for hydroxylation is 1. The fraction of sp³-hybridized carbons (Fsp3) is 0.400. The van der Waals surface area contributed by atoms with Crippen LogP contribution in [-0.2, 0) is 13.5 Å². The van der Waals surface area contributed by atoms with Gasteiger partial charge in [0.25, 0.3) is 0 Å². The lowest BCUT2D eigenvalue weighted by Gasteiger charge is -2.07. The number of rotatable bonds is 3. The molecule has 0 aliphatic rings. The molecule has 5 heteroatoms. The predicted octanol–water partition coefficient (Wildman–Crippen LogP) is 0.478. The SMILES string of the molecule is COc1c(CCN)cnc2c1cnn2C. The van der Waals surface area contributed by atoms with Crippen LogP contribution >= 0.6 is 0 Å². The first kappa shape index (κ1) is 9.92. The Morgan fingerprint density at radius 2 is 2.27 bits per heavy atom. The van der Waals surface area contributed by atoms with Gasteiger partial charge in [-0.15, -0.1) is 0 Å². The van der Waals surface area contributed by atoms with Gasteiger partial charge in [0, 0.05) is 18.8 Å². The smallest absolute Gasteiger partial charge is 0.161 e. The summed E-state index contributed by atoms with van der Waals surface area (Å²) >= 11 is 0. The van der Waals surface area contributed by atoms with Gasteiger partial charge in [-0.2, -0.15) is 5.10 Å². The van der Waals surface area contributed by atoms with Gasteiger partial charge in [-0.05, 0) is 13.0 Å². The monoisotopic (exact) mass is 206 g/mol. The number of ether oxygens (including phenoxy) is 1. The van der Waals surface area contributed by atoms with Gasteiger partial charge in [0.05, 0.1) is 18.7 Å². The predicted molar refractivity (Wildman–Crippen MR) is 57.8 cm³/mol. The van der Waals surface area contributed by atoms with Crippen LogP contribution in [0.5, 0.6) is 5.75 Å². The van der Waals surface area contributed by atoms with E-state index in [1.165, 1.54) is 0 Å². The van der Waals surface area contributed by atoms with Gasteiger partial charge >= 0.3 is 0 Å². The molecule has 2 aromatic rings. The third-order valence-electron chi connectivity index (χ3n) is 2.40. The van der Waals surface area contributed by atoms with Gasteiger partial charge in [-0.25, -0.2) is 4.98 Å². The molecule has 80 valence electrons. The average molecular weight is 206 g/mol. The van der Waals surface area contributed by atoms with Crippen LogP contribution in [0.15, 0.2) is 12.4 Å². The molecule has 2 heterocycles. The summed E-state index contributed by atoms with van der Waals surface area (Å²) in [6, 6.07) is 0. The Morgan fingerprint density at radius 1 is 1.47 bits per heavy atom. The van der Waals surface area contributed by atoms with Crippen molar-refractivity contribution in [3.63, 3.8) is 0 Å². The van der Waals surface area contributed by atoms with E-state index in [0.29, 0.717) is 6.54 Å². The molecule has 0 saturated heterocycles. The van der Waals surface area contributed by atoms with Crippen LogP contribution in [0.3, 0.4) is 0 Å². The zero-order valence-corrected chi connectivity index (χ0v) is 8.90. The first-order valence-corrected chi connectivity index (χ1v) is 4.81. The lowest BCUT2D eigenvalue weighted by Crippen LogP contribution is -2.05. The standard InChI is InChI=1S/C10H14N4O/c1-14-10-8(6-13-14)9(15-2)7(3-4-11)5-12-10/h5-6H,3-4,11H2,1-2H3. The minimum absolute atomic E-state index is 0.587. The van der Waals surface area contributed by atoms with Crippen molar-refractivity contribution in [2.24, 2.45) is 12.8 Å². The Morgan fingerprint density at radius 3 is 2.93 bits per heavy atom. The van der Waals surface area contributed by atoms with Crippen molar-refractivity contribution in [3.05, 3.63) is 18.0 Å². The fourth-order valence-electron chi connectivity index (χ4n) is 1.69. The third kappa shape index (κ3) is 1.55. The molecule has 0 spiro atoms. The van der Waals surface area contributed by atoms with E-state index in [2.05, 4.69) is 10.1 Å². The molecule has 0 saturated carbocycles. The van der Waals surface area contributed by atoms with E-state index in [-0.39, 0.29) is 0 Å². The van der Waals surface area contributed by atoms with E-state index in [9.17, 15) is 0 Å². The lowest BCUT2D eigenvalue weighted by molar-refractivity contribution is 0.414. The molecule has 0 atom stereocenters. The number of hydrogen-bond acceptors (Lipinski definition) is 4. The number of aromatic nitrogens is 3. The summed E-state index contributed by atoms with van der Waals surface area (Å²) in [6.07, 6.45) is 4.33. The molecule has 0 aliphatic carbocycles. The summed E-state index contributed by atoms with van der Waals surface area (Å²) in [5, 5.41) is 5.08. The van der Waals surface area contributed by atoms with E-state index in [1.54, 1.807) is 24.2 Å². The maximum absolute atomic E-state index is 5.53. The average Bonchev–Trinajstić information content (AvgIpc) is 2.61. The molecule has 0 radical (unpaired) electrons. The van der Waals surface area contributed by atoms with Gasteiger partial charge in [0.1, 0.15) is 5.75 Å². The van der Waals surface area contributed by atoms with E-state index >= 15 is 0 Å². The van der Waals surface area contributed by atoms with Crippen LogP contribution in [0.4, 0.5) is 0 Å². The summed E-state index contributed by atoms with van der Waals surface area (Å²) in [5.41, 5.74) is 7.38. The number of fused-ring (bicyclic) bond motifs is 1. The number of pyridine rings is 1. The van der Waals surface area contributed by atoms with E-state index < -0.39 is 0 Å². The second-order valence-electron chi connectivity index (χ2n) is 3.36. The van der Waals surface area contributed by atoms with Crippen LogP contribution in [0.1, 0.15) is 5.56 Å². The first-order chi connectivity index (χ1) is 7.27. The molecule has 2 N–H and O–H groups in total. The molecule has 0 aliphatic heterocycles. The Hall–Kier alpha value is -1.62. The van der Waals surface area contributed by atoms with Crippen molar-refractivity contribution in [1.82, 2.24) is 14.8 Å². The molecule has 2 rings (SSSR count). The number of methoxy groups -OCH3 is 1. The Labute approximate surface area is 87.9 Å². The topological polar surface area (TPSA) is 66.0 Å². The molecule has 0 bridgehead atoms. The van der Waals surface area contributed by atoms with E-state index in [0.717, 1.165) is 28.8 Å². The summed E-state index contributed by atoms with van der Waals surface area (Å²) in [5.74, 6) is 0.832. The van der Waals surface area contributed by atoms with Crippen LogP contribution in [0, 0.1) is 0 Å². The zero-order valence-electron chi connectivity index (χ0n) is 8.90. The summed E-state index contributed by atoms with van der Waals surface area (Å²) < 4.78 is 7.10. The molecule has 5 nitrogen and oxygen atoms in total. The van der Waals surface area contributed by atoms with Crippen molar-refractivity contribution in [3.8, 4) is 5.75 Å². The van der Waals surface area contributed by atoms with Crippen molar-refractivity contribution in [1.29, 1.82) is 0 Å². The van der Waals surface area contributed by atoms with Crippen LogP contribution in [-0.4, -0.2) is 28.4 Å². The molecule has 0 fully saturated rings. The summed E-state index contributed by atoms with van der Waals surface area (Å²) in [4.78, 5) is 4.33. The summed E-state index contributed by atoms with van der Waals surface area (Å²) in [7, 11) is 3.51. The van der Waals surface area contributed by atoms with Gasteiger partial charge in [-0.1, -0.05) is 0 Å². The van der Waals surface area contributed by atoms with Crippen LogP contribution in [0.25, 0.3) is 11.0 Å². The highest BCUT2D eigenvalue weighted by atomic mass is 16.5. The maximum Gasteiger partial charge on any atom is 0.161 e. The minimum atomic E-state index is 0.587. The fourth-order valence-corrected chi connectivity index (χ4v) is 1.69. The molecule has 15 heavy (non-hydrogen) atoms. The van der Waals surface area contributed by atoms with Gasteiger partial charge in [0.15, 0.2) is 5.65 Å². The second kappa shape index (κ2) is 3.86. The molecule has 0 amide bonds. The number of nitrogens with two attached hydrogens (primary N) is 1. The Balaban J connectivity index is 2.65. The van der Waals surface area contributed by atoms with Crippen LogP contribution < -0.4 is 10.5 Å². The van der Waals surface area contributed by atoms with Gasteiger partial charge in [-0.3, -0.25) is 4.68 Å². The summed E-state index contributed by atoms with van der Waals surface area (Å²) in [6.45, 7) is 0.587.